The molecule has 0 saturated carbocycles. The van der Waals surface area contributed by atoms with Crippen LogP contribution in [0, 0.1) is 5.41 Å². The number of nitrogens with zero attached hydrogens (tertiary/aromatic N) is 1. The van der Waals surface area contributed by atoms with Gasteiger partial charge < -0.3 is 5.73 Å². The molecule has 2 rings (SSSR count). The molecular weight excluding hydrogens is 236 g/mol. The third-order valence-corrected chi connectivity index (χ3v) is 4.87. The van der Waals surface area contributed by atoms with Crippen LogP contribution >= 0.6 is 23.6 Å². The number of hydrogen-bond acceptors (Lipinski definition) is 3. The quantitative estimate of drug-likeness (QED) is 0.841. The van der Waals surface area contributed by atoms with E-state index in [1.165, 1.54) is 4.88 Å². The summed E-state index contributed by atoms with van der Waals surface area (Å²) < 4.78 is 0. The monoisotopic (exact) mass is 254 g/mol. The minimum Gasteiger partial charge on any atom is -0.393 e. The molecule has 0 unspecified atom stereocenters. The highest BCUT2D eigenvalue weighted by Gasteiger charge is 2.32. The SMILES string of the molecule is CC1(C(N)=S)CCN(Cc2cccs2)CC1. The smallest absolute Gasteiger partial charge is 0.0788 e. The highest BCUT2D eigenvalue weighted by Crippen LogP contribution is 2.31. The standard InChI is InChI=1S/C12H18N2S2/c1-12(11(13)15)4-6-14(7-5-12)9-10-3-2-8-16-10/h2-3,8H,4-7,9H2,1H3,(H2,13,15). The summed E-state index contributed by atoms with van der Waals surface area (Å²) in [6.45, 7) is 5.47. The number of likely N-dealkylation sites (tertiary alicyclic amines) is 1. The summed E-state index contributed by atoms with van der Waals surface area (Å²) in [5, 5.41) is 2.14. The van der Waals surface area contributed by atoms with Crippen LogP contribution in [0.5, 0.6) is 0 Å². The highest BCUT2D eigenvalue weighted by molar-refractivity contribution is 7.80. The topological polar surface area (TPSA) is 29.3 Å². The van der Waals surface area contributed by atoms with Crippen LogP contribution < -0.4 is 5.73 Å². The van der Waals surface area contributed by atoms with Crippen LogP contribution in [0.4, 0.5) is 0 Å². The van der Waals surface area contributed by atoms with Crippen LogP contribution in [0.1, 0.15) is 24.6 Å². The van der Waals surface area contributed by atoms with Gasteiger partial charge in [-0.15, -0.1) is 11.3 Å². The Morgan fingerprint density at radius 1 is 1.56 bits per heavy atom. The summed E-state index contributed by atoms with van der Waals surface area (Å²) >= 11 is 6.98. The zero-order chi connectivity index (χ0) is 11.6. The maximum absolute atomic E-state index is 5.80. The average molecular weight is 254 g/mol. The Labute approximate surface area is 106 Å². The summed E-state index contributed by atoms with van der Waals surface area (Å²) in [4.78, 5) is 4.62. The first-order valence-corrected chi connectivity index (χ1v) is 6.94. The molecule has 88 valence electrons. The molecule has 0 amide bonds. The van der Waals surface area contributed by atoms with Crippen molar-refractivity contribution in [2.24, 2.45) is 11.1 Å². The summed E-state index contributed by atoms with van der Waals surface area (Å²) in [7, 11) is 0. The fraction of sp³-hybridized carbons (Fsp3) is 0.583. The van der Waals surface area contributed by atoms with Crippen molar-refractivity contribution < 1.29 is 0 Å². The molecular formula is C12H18N2S2. The summed E-state index contributed by atoms with van der Waals surface area (Å²) in [6.07, 6.45) is 2.18. The van der Waals surface area contributed by atoms with Crippen molar-refractivity contribution in [1.29, 1.82) is 0 Å². The molecule has 2 heterocycles. The van der Waals surface area contributed by atoms with E-state index in [-0.39, 0.29) is 5.41 Å². The van der Waals surface area contributed by atoms with Gasteiger partial charge in [0.15, 0.2) is 0 Å². The lowest BCUT2D eigenvalue weighted by atomic mass is 9.80. The van der Waals surface area contributed by atoms with Crippen LogP contribution in [0.15, 0.2) is 17.5 Å². The van der Waals surface area contributed by atoms with Crippen LogP contribution in [0.2, 0.25) is 0 Å². The molecule has 0 spiro atoms. The van der Waals surface area contributed by atoms with E-state index in [2.05, 4.69) is 29.3 Å². The van der Waals surface area contributed by atoms with Gasteiger partial charge in [-0.25, -0.2) is 0 Å². The van der Waals surface area contributed by atoms with Gasteiger partial charge in [-0.1, -0.05) is 25.2 Å². The maximum Gasteiger partial charge on any atom is 0.0788 e. The first-order valence-electron chi connectivity index (χ1n) is 5.65. The molecule has 16 heavy (non-hydrogen) atoms. The number of nitrogens with two attached hydrogens (primary N) is 1. The van der Waals surface area contributed by atoms with E-state index in [1.807, 2.05) is 11.3 Å². The lowest BCUT2D eigenvalue weighted by Gasteiger charge is -2.38. The van der Waals surface area contributed by atoms with E-state index in [4.69, 9.17) is 18.0 Å². The molecule has 2 nitrogen and oxygen atoms in total. The van der Waals surface area contributed by atoms with Crippen molar-refractivity contribution in [2.45, 2.75) is 26.3 Å². The molecule has 0 radical (unpaired) electrons. The van der Waals surface area contributed by atoms with Gasteiger partial charge in [-0.2, -0.15) is 0 Å². The molecule has 4 heteroatoms. The minimum atomic E-state index is 0.0846. The number of piperidine rings is 1. The number of thiophene rings is 1. The third-order valence-electron chi connectivity index (χ3n) is 3.51. The molecule has 0 bridgehead atoms. The Morgan fingerprint density at radius 2 is 2.25 bits per heavy atom. The van der Waals surface area contributed by atoms with Gasteiger partial charge in [0.05, 0.1) is 4.99 Å². The van der Waals surface area contributed by atoms with Crippen molar-refractivity contribution in [3.8, 4) is 0 Å². The van der Waals surface area contributed by atoms with E-state index in [0.717, 1.165) is 32.5 Å². The fourth-order valence-electron chi connectivity index (χ4n) is 2.07. The van der Waals surface area contributed by atoms with Gasteiger partial charge in [0.2, 0.25) is 0 Å². The summed E-state index contributed by atoms with van der Waals surface area (Å²) in [6, 6.07) is 4.31. The van der Waals surface area contributed by atoms with E-state index in [9.17, 15) is 0 Å². The first kappa shape index (κ1) is 12.0. The Morgan fingerprint density at radius 3 is 2.75 bits per heavy atom. The molecule has 2 N–H and O–H groups in total. The van der Waals surface area contributed by atoms with Gasteiger partial charge >= 0.3 is 0 Å². The van der Waals surface area contributed by atoms with Crippen LogP contribution in [0.25, 0.3) is 0 Å². The zero-order valence-corrected chi connectivity index (χ0v) is 11.2. The normalized spacial score (nSPS) is 20.8. The Bertz CT molecular complexity index is 351. The van der Waals surface area contributed by atoms with Crippen molar-refractivity contribution >= 4 is 28.5 Å². The molecule has 1 saturated heterocycles. The Hall–Kier alpha value is -0.450. The van der Waals surface area contributed by atoms with Gasteiger partial charge in [-0.3, -0.25) is 4.90 Å². The molecule has 1 aliphatic heterocycles. The van der Waals surface area contributed by atoms with Gasteiger partial charge in [0.1, 0.15) is 0 Å². The van der Waals surface area contributed by atoms with E-state index >= 15 is 0 Å². The van der Waals surface area contributed by atoms with Crippen LogP contribution in [-0.4, -0.2) is 23.0 Å². The molecule has 1 aliphatic rings. The molecule has 1 aromatic rings. The highest BCUT2D eigenvalue weighted by atomic mass is 32.1. The lowest BCUT2D eigenvalue weighted by molar-refractivity contribution is 0.159. The second-order valence-corrected chi connectivity index (χ2v) is 6.25. The second kappa shape index (κ2) is 4.82. The van der Waals surface area contributed by atoms with Gasteiger partial charge in [0.25, 0.3) is 0 Å². The molecule has 0 aromatic carbocycles. The third kappa shape index (κ3) is 2.62. The maximum atomic E-state index is 5.80. The zero-order valence-electron chi connectivity index (χ0n) is 9.61. The number of rotatable bonds is 3. The van der Waals surface area contributed by atoms with Gasteiger partial charge in [0, 0.05) is 16.8 Å². The van der Waals surface area contributed by atoms with E-state index in [0.29, 0.717) is 4.99 Å². The minimum absolute atomic E-state index is 0.0846. The predicted molar refractivity (Wildman–Crippen MR) is 73.7 cm³/mol. The van der Waals surface area contributed by atoms with Crippen molar-refractivity contribution in [2.75, 3.05) is 13.1 Å². The number of thiocarbonyl (C=S) groups is 1. The Kier molecular flexibility index (Phi) is 3.62. The average Bonchev–Trinajstić information content (AvgIpc) is 2.74. The number of hydrogen-bond donors (Lipinski definition) is 1. The second-order valence-electron chi connectivity index (χ2n) is 4.78. The summed E-state index contributed by atoms with van der Waals surface area (Å²) in [5.41, 5.74) is 5.88. The lowest BCUT2D eigenvalue weighted by Crippen LogP contribution is -2.44. The van der Waals surface area contributed by atoms with Crippen molar-refractivity contribution in [3.63, 3.8) is 0 Å². The molecule has 1 fully saturated rings. The molecule has 0 aliphatic carbocycles. The van der Waals surface area contributed by atoms with Crippen LogP contribution in [-0.2, 0) is 6.54 Å². The predicted octanol–water partition coefficient (Wildman–Crippen LogP) is 2.64. The summed E-state index contributed by atoms with van der Waals surface area (Å²) in [5.74, 6) is 0. The van der Waals surface area contributed by atoms with Crippen LogP contribution in [0.3, 0.4) is 0 Å². The fourth-order valence-corrected chi connectivity index (χ4v) is 3.02. The first-order chi connectivity index (χ1) is 7.60. The van der Waals surface area contributed by atoms with E-state index in [1.54, 1.807) is 0 Å². The van der Waals surface area contributed by atoms with Crippen molar-refractivity contribution in [1.82, 2.24) is 4.90 Å². The van der Waals surface area contributed by atoms with E-state index < -0.39 is 0 Å². The van der Waals surface area contributed by atoms with Crippen molar-refractivity contribution in [3.05, 3.63) is 22.4 Å². The Balaban J connectivity index is 1.88. The largest absolute Gasteiger partial charge is 0.393 e. The van der Waals surface area contributed by atoms with Gasteiger partial charge in [-0.05, 0) is 37.4 Å². The molecule has 0 atom stereocenters. The molecule has 1 aromatic heterocycles.